The molecule has 1 aromatic rings. The summed E-state index contributed by atoms with van der Waals surface area (Å²) < 4.78 is 36.6. The summed E-state index contributed by atoms with van der Waals surface area (Å²) in [7, 11) is 0. The fourth-order valence-corrected chi connectivity index (χ4v) is 2.54. The molecular weight excluding hydrogens is 333 g/mol. The molecule has 2 rings (SSSR count). The zero-order valence-corrected chi connectivity index (χ0v) is 14.2. The molecule has 0 atom stereocenters. The molecule has 0 bridgehead atoms. The van der Waals surface area contributed by atoms with Crippen LogP contribution in [0.4, 0.5) is 18.9 Å². The number of benzene rings is 1. The predicted molar refractivity (Wildman–Crippen MR) is 91.5 cm³/mol. The number of hydrogen-bond acceptors (Lipinski definition) is 2. The van der Waals surface area contributed by atoms with Crippen LogP contribution in [0.2, 0.25) is 0 Å². The predicted octanol–water partition coefficient (Wildman–Crippen LogP) is 2.82. The van der Waals surface area contributed by atoms with Crippen LogP contribution in [0.25, 0.3) is 0 Å². The van der Waals surface area contributed by atoms with Crippen molar-refractivity contribution >= 4 is 17.6 Å². The normalized spacial score (nSPS) is 15.6. The second-order valence-corrected chi connectivity index (χ2v) is 5.80. The van der Waals surface area contributed by atoms with Crippen molar-refractivity contribution in [1.29, 1.82) is 0 Å². The van der Waals surface area contributed by atoms with Crippen molar-refractivity contribution in [2.45, 2.75) is 38.9 Å². The molecule has 1 aliphatic heterocycles. The fourth-order valence-electron chi connectivity index (χ4n) is 2.54. The quantitative estimate of drug-likeness (QED) is 0.609. The Morgan fingerprint density at radius 1 is 1.24 bits per heavy atom. The average molecular weight is 356 g/mol. The van der Waals surface area contributed by atoms with Crippen molar-refractivity contribution in [2.24, 2.45) is 4.99 Å². The highest BCUT2D eigenvalue weighted by molar-refractivity contribution is 5.95. The number of aliphatic imine (C=N–C) groups is 1. The summed E-state index contributed by atoms with van der Waals surface area (Å²) in [5.74, 6) is 0.486. The highest BCUT2D eigenvalue weighted by Crippen LogP contribution is 2.21. The van der Waals surface area contributed by atoms with Crippen LogP contribution in [0.5, 0.6) is 0 Å². The third kappa shape index (κ3) is 6.28. The Kier molecular flexibility index (Phi) is 6.66. The summed E-state index contributed by atoms with van der Waals surface area (Å²) in [4.78, 5) is 17.8. The van der Waals surface area contributed by atoms with Gasteiger partial charge in [0.05, 0.1) is 13.0 Å². The van der Waals surface area contributed by atoms with Crippen molar-refractivity contribution in [3.8, 4) is 0 Å². The van der Waals surface area contributed by atoms with Gasteiger partial charge in [0.15, 0.2) is 5.96 Å². The molecule has 1 saturated heterocycles. The van der Waals surface area contributed by atoms with Crippen molar-refractivity contribution < 1.29 is 18.0 Å². The molecule has 0 spiro atoms. The zero-order valence-electron chi connectivity index (χ0n) is 14.2. The average Bonchev–Trinajstić information content (AvgIpc) is 2.98. The number of nitrogens with zero attached hydrogens (tertiary/aromatic N) is 2. The van der Waals surface area contributed by atoms with E-state index in [0.717, 1.165) is 24.2 Å². The van der Waals surface area contributed by atoms with Crippen LogP contribution in [-0.4, -0.2) is 37.7 Å². The van der Waals surface area contributed by atoms with Crippen LogP contribution in [-0.2, 0) is 11.3 Å². The molecule has 5 nitrogen and oxygen atoms in total. The molecule has 0 aromatic heterocycles. The summed E-state index contributed by atoms with van der Waals surface area (Å²) in [6, 6.07) is 7.50. The smallest absolute Gasteiger partial charge is 0.357 e. The third-order valence-corrected chi connectivity index (χ3v) is 3.79. The Hall–Kier alpha value is -2.25. The number of carbonyl (C=O) groups is 1. The van der Waals surface area contributed by atoms with Crippen LogP contribution >= 0.6 is 0 Å². The van der Waals surface area contributed by atoms with E-state index in [2.05, 4.69) is 15.6 Å². The van der Waals surface area contributed by atoms with Crippen LogP contribution < -0.4 is 15.5 Å². The van der Waals surface area contributed by atoms with Gasteiger partial charge >= 0.3 is 6.18 Å². The Labute approximate surface area is 145 Å². The van der Waals surface area contributed by atoms with Gasteiger partial charge in [-0.15, -0.1) is 0 Å². The molecule has 0 radical (unpaired) electrons. The number of hydrogen-bond donors (Lipinski definition) is 2. The van der Waals surface area contributed by atoms with Gasteiger partial charge in [-0.25, -0.2) is 4.99 Å². The molecule has 1 aromatic carbocycles. The first-order valence-corrected chi connectivity index (χ1v) is 8.37. The molecule has 2 N–H and O–H groups in total. The first kappa shape index (κ1) is 19.1. The SMILES string of the molecule is CCNC(=NCc1ccc(N2CCCC2=O)cc1)NCCC(F)(F)F. The number of carbonyl (C=O) groups excluding carboxylic acids is 1. The molecule has 1 aliphatic rings. The highest BCUT2D eigenvalue weighted by atomic mass is 19.4. The van der Waals surface area contributed by atoms with E-state index in [1.165, 1.54) is 0 Å². The minimum absolute atomic E-state index is 0.133. The first-order chi connectivity index (χ1) is 11.9. The Morgan fingerprint density at radius 2 is 1.96 bits per heavy atom. The second kappa shape index (κ2) is 8.73. The van der Waals surface area contributed by atoms with Crippen LogP contribution in [0.1, 0.15) is 31.7 Å². The van der Waals surface area contributed by atoms with E-state index in [1.807, 2.05) is 31.2 Å². The van der Waals surface area contributed by atoms with Gasteiger partial charge in [-0.1, -0.05) is 12.1 Å². The van der Waals surface area contributed by atoms with Gasteiger partial charge in [0.1, 0.15) is 0 Å². The van der Waals surface area contributed by atoms with E-state index in [1.54, 1.807) is 4.90 Å². The van der Waals surface area contributed by atoms with Crippen molar-refractivity contribution in [3.63, 3.8) is 0 Å². The highest BCUT2D eigenvalue weighted by Gasteiger charge is 2.26. The van der Waals surface area contributed by atoms with E-state index in [0.29, 0.717) is 25.5 Å². The molecule has 25 heavy (non-hydrogen) atoms. The van der Waals surface area contributed by atoms with Crippen LogP contribution in [0, 0.1) is 0 Å². The lowest BCUT2D eigenvalue weighted by Gasteiger charge is -2.16. The number of rotatable bonds is 6. The van der Waals surface area contributed by atoms with Gasteiger partial charge in [0.25, 0.3) is 0 Å². The lowest BCUT2D eigenvalue weighted by molar-refractivity contribution is -0.132. The number of nitrogens with one attached hydrogen (secondary N) is 2. The lowest BCUT2D eigenvalue weighted by atomic mass is 10.2. The number of halogens is 3. The van der Waals surface area contributed by atoms with E-state index < -0.39 is 12.6 Å². The first-order valence-electron chi connectivity index (χ1n) is 8.37. The number of anilines is 1. The lowest BCUT2D eigenvalue weighted by Crippen LogP contribution is -2.38. The number of amides is 1. The summed E-state index contributed by atoms with van der Waals surface area (Å²) in [5, 5.41) is 5.60. The minimum Gasteiger partial charge on any atom is -0.357 e. The summed E-state index contributed by atoms with van der Waals surface area (Å²) in [6.07, 6.45) is -3.63. The van der Waals surface area contributed by atoms with E-state index >= 15 is 0 Å². The van der Waals surface area contributed by atoms with Crippen LogP contribution in [0.15, 0.2) is 29.3 Å². The molecule has 1 amide bonds. The maximum atomic E-state index is 12.2. The minimum atomic E-state index is -4.19. The maximum Gasteiger partial charge on any atom is 0.390 e. The molecule has 0 aliphatic carbocycles. The maximum absolute atomic E-state index is 12.2. The van der Waals surface area contributed by atoms with Gasteiger partial charge in [-0.05, 0) is 31.0 Å². The zero-order chi connectivity index (χ0) is 18.3. The van der Waals surface area contributed by atoms with Gasteiger partial charge in [0, 0.05) is 31.7 Å². The molecule has 1 fully saturated rings. The molecule has 8 heteroatoms. The van der Waals surface area contributed by atoms with E-state index in [-0.39, 0.29) is 12.5 Å². The van der Waals surface area contributed by atoms with Gasteiger partial charge in [-0.2, -0.15) is 13.2 Å². The monoisotopic (exact) mass is 356 g/mol. The molecule has 0 unspecified atom stereocenters. The largest absolute Gasteiger partial charge is 0.390 e. The van der Waals surface area contributed by atoms with Gasteiger partial charge < -0.3 is 15.5 Å². The Bertz CT molecular complexity index is 599. The van der Waals surface area contributed by atoms with Gasteiger partial charge in [0.2, 0.25) is 5.91 Å². The molecule has 1 heterocycles. The summed E-state index contributed by atoms with van der Waals surface area (Å²) in [5.41, 5.74) is 1.79. The van der Waals surface area contributed by atoms with Crippen LogP contribution in [0.3, 0.4) is 0 Å². The fraction of sp³-hybridized carbons (Fsp3) is 0.529. The number of guanidine groups is 1. The summed E-state index contributed by atoms with van der Waals surface area (Å²) >= 11 is 0. The molecular formula is C17H23F3N4O. The number of alkyl halides is 3. The van der Waals surface area contributed by atoms with Crippen molar-refractivity contribution in [3.05, 3.63) is 29.8 Å². The molecule has 0 saturated carbocycles. The van der Waals surface area contributed by atoms with E-state index in [9.17, 15) is 18.0 Å². The summed E-state index contributed by atoms with van der Waals surface area (Å²) in [6.45, 7) is 3.28. The topological polar surface area (TPSA) is 56.7 Å². The van der Waals surface area contributed by atoms with Gasteiger partial charge in [-0.3, -0.25) is 4.79 Å². The van der Waals surface area contributed by atoms with E-state index in [4.69, 9.17) is 0 Å². The Morgan fingerprint density at radius 3 is 2.52 bits per heavy atom. The van der Waals surface area contributed by atoms with Crippen molar-refractivity contribution in [1.82, 2.24) is 10.6 Å². The molecule has 138 valence electrons. The van der Waals surface area contributed by atoms with Crippen molar-refractivity contribution in [2.75, 3.05) is 24.5 Å². The standard InChI is InChI=1S/C17H23F3N4O/c1-2-21-16(22-10-9-17(18,19)20)23-12-13-5-7-14(8-6-13)24-11-3-4-15(24)25/h5-8H,2-4,9-12H2,1H3,(H2,21,22,23). The Balaban J connectivity index is 1.91. The third-order valence-electron chi connectivity index (χ3n) is 3.79. The second-order valence-electron chi connectivity index (χ2n) is 5.80.